The molecule has 1 saturated carbocycles. The van der Waals surface area contributed by atoms with Gasteiger partial charge < -0.3 is 31.1 Å². The maximum absolute atomic E-state index is 13.7. The smallest absolute Gasteiger partial charge is 0.255 e. The second-order valence-electron chi connectivity index (χ2n) is 9.79. The van der Waals surface area contributed by atoms with E-state index >= 15 is 0 Å². The number of nitrogens with zero attached hydrogens (tertiary/aromatic N) is 3. The number of aromatic hydroxyl groups is 1. The Hall–Kier alpha value is -4.12. The van der Waals surface area contributed by atoms with Gasteiger partial charge >= 0.3 is 0 Å². The van der Waals surface area contributed by atoms with Crippen molar-refractivity contribution >= 4 is 28.9 Å². The van der Waals surface area contributed by atoms with Gasteiger partial charge in [-0.2, -0.15) is 5.10 Å². The number of nitrogens with two attached hydrogens (primary N) is 1. The van der Waals surface area contributed by atoms with E-state index in [0.717, 1.165) is 0 Å². The lowest BCUT2D eigenvalue weighted by molar-refractivity contribution is -0.147. The van der Waals surface area contributed by atoms with Crippen LogP contribution in [0, 0.1) is 11.8 Å². The van der Waals surface area contributed by atoms with Gasteiger partial charge in [-0.25, -0.2) is 0 Å². The Morgan fingerprint density at radius 2 is 1.92 bits per heavy atom. The molecule has 0 unspecified atom stereocenters. The summed E-state index contributed by atoms with van der Waals surface area (Å²) in [5, 5.41) is 48.9. The van der Waals surface area contributed by atoms with Crippen molar-refractivity contribution in [2.45, 2.75) is 24.9 Å². The molecule has 0 saturated heterocycles. The number of carbonyl (C=O) groups is 3. The standard InChI is InChI=1S/C25H26N4O7/c1-28(2)15-9-13(14-4-5-27-29(14)3)20(31)18-12(15)7-10-6-11-8-16(30)19(24(26)35)23(34)25(11,36)22(33)17(10)21(18)32/h4-5,9-11,31-32,34,36H,6-8H2,1-3H3,(H2,26,35)/t10-,11+,25+/m1/s1. The minimum atomic E-state index is -2.59. The average Bonchev–Trinajstić information content (AvgIpc) is 3.21. The number of aliphatic hydroxyl groups is 3. The lowest BCUT2D eigenvalue weighted by Crippen LogP contribution is -2.58. The molecule has 1 amide bonds. The lowest BCUT2D eigenvalue weighted by Gasteiger charge is -2.46. The number of primary amides is 1. The number of benzene rings is 1. The number of Topliss-reactive ketones (excluding diaryl/α,β-unsaturated/α-hetero) is 2. The van der Waals surface area contributed by atoms with Gasteiger partial charge in [0, 0.05) is 56.5 Å². The number of aryl methyl sites for hydroxylation is 1. The largest absolute Gasteiger partial charge is 0.508 e. The van der Waals surface area contributed by atoms with Gasteiger partial charge in [0.2, 0.25) is 5.78 Å². The van der Waals surface area contributed by atoms with Crippen LogP contribution < -0.4 is 10.6 Å². The van der Waals surface area contributed by atoms with Crippen molar-refractivity contribution in [1.29, 1.82) is 0 Å². The number of phenols is 1. The zero-order valence-corrected chi connectivity index (χ0v) is 19.9. The van der Waals surface area contributed by atoms with Gasteiger partial charge in [0.15, 0.2) is 11.4 Å². The first-order valence-electron chi connectivity index (χ1n) is 11.4. The van der Waals surface area contributed by atoms with Crippen LogP contribution in [0.4, 0.5) is 5.69 Å². The van der Waals surface area contributed by atoms with E-state index in [9.17, 15) is 34.8 Å². The van der Waals surface area contributed by atoms with Gasteiger partial charge in [-0.05, 0) is 36.5 Å². The molecule has 2 aromatic rings. The molecule has 0 aliphatic heterocycles. The summed E-state index contributed by atoms with van der Waals surface area (Å²) in [6.45, 7) is 0. The lowest BCUT2D eigenvalue weighted by atomic mass is 9.59. The van der Waals surface area contributed by atoms with Crippen LogP contribution in [0.25, 0.3) is 17.0 Å². The van der Waals surface area contributed by atoms with Gasteiger partial charge in [-0.1, -0.05) is 0 Å². The average molecular weight is 495 g/mol. The second kappa shape index (κ2) is 7.69. The number of phenolic OH excluding ortho intramolecular Hbond substituents is 1. The number of anilines is 1. The number of rotatable bonds is 3. The van der Waals surface area contributed by atoms with E-state index < -0.39 is 52.0 Å². The van der Waals surface area contributed by atoms with E-state index in [0.29, 0.717) is 22.5 Å². The molecule has 6 N–H and O–H groups in total. The third-order valence-corrected chi connectivity index (χ3v) is 7.62. The number of aliphatic hydroxyl groups excluding tert-OH is 2. The Morgan fingerprint density at radius 3 is 2.50 bits per heavy atom. The van der Waals surface area contributed by atoms with E-state index in [1.165, 1.54) is 0 Å². The Morgan fingerprint density at radius 1 is 1.22 bits per heavy atom. The summed E-state index contributed by atoms with van der Waals surface area (Å²) in [5.41, 5.74) is 3.97. The van der Waals surface area contributed by atoms with Crippen molar-refractivity contribution in [3.8, 4) is 17.0 Å². The SMILES string of the molecule is CN(C)c1cc(-c2ccnn2C)c(O)c2c1C[C@H]1C[C@H]3CC(=O)C(C(N)=O)=C(O)[C@@]3(O)C(=O)C1=C2O. The number of fused-ring (bicyclic) bond motifs is 3. The van der Waals surface area contributed by atoms with E-state index in [1.54, 1.807) is 30.1 Å². The van der Waals surface area contributed by atoms with Crippen LogP contribution in [-0.4, -0.2) is 67.4 Å². The molecule has 36 heavy (non-hydrogen) atoms. The van der Waals surface area contributed by atoms with Gasteiger partial charge in [-0.15, -0.1) is 0 Å². The number of hydrogen-bond donors (Lipinski definition) is 5. The zero-order valence-electron chi connectivity index (χ0n) is 19.9. The summed E-state index contributed by atoms with van der Waals surface area (Å²) >= 11 is 0. The second-order valence-corrected chi connectivity index (χ2v) is 9.79. The maximum Gasteiger partial charge on any atom is 0.255 e. The van der Waals surface area contributed by atoms with E-state index in [4.69, 9.17) is 5.73 Å². The fourth-order valence-electron chi connectivity index (χ4n) is 5.90. The number of ketones is 2. The van der Waals surface area contributed by atoms with Crippen LogP contribution >= 0.6 is 0 Å². The Balaban J connectivity index is 1.76. The van der Waals surface area contributed by atoms with Crippen LogP contribution in [0.5, 0.6) is 5.75 Å². The van der Waals surface area contributed by atoms with Gasteiger partial charge in [-0.3, -0.25) is 19.1 Å². The van der Waals surface area contributed by atoms with Crippen molar-refractivity contribution in [2.24, 2.45) is 24.6 Å². The van der Waals surface area contributed by atoms with E-state index in [2.05, 4.69) is 5.10 Å². The first-order chi connectivity index (χ1) is 16.9. The molecule has 0 spiro atoms. The summed E-state index contributed by atoms with van der Waals surface area (Å²) < 4.78 is 1.56. The van der Waals surface area contributed by atoms with Crippen molar-refractivity contribution in [1.82, 2.24) is 9.78 Å². The summed E-state index contributed by atoms with van der Waals surface area (Å²) in [5.74, 6) is -6.49. The Kier molecular flexibility index (Phi) is 5.04. The fourth-order valence-corrected chi connectivity index (χ4v) is 5.90. The van der Waals surface area contributed by atoms with Gasteiger partial charge in [0.05, 0.1) is 11.3 Å². The molecule has 11 nitrogen and oxygen atoms in total. The molecule has 188 valence electrons. The van der Waals surface area contributed by atoms with Gasteiger partial charge in [0.1, 0.15) is 22.8 Å². The summed E-state index contributed by atoms with van der Waals surface area (Å²) in [6.07, 6.45) is 1.53. The Bertz CT molecular complexity index is 1430. The first kappa shape index (κ1) is 23.6. The molecule has 3 aliphatic rings. The maximum atomic E-state index is 13.7. The molecule has 5 rings (SSSR count). The normalized spacial score (nSPS) is 25.4. The van der Waals surface area contributed by atoms with Crippen LogP contribution in [0.1, 0.15) is 24.0 Å². The van der Waals surface area contributed by atoms with Gasteiger partial charge in [0.25, 0.3) is 5.91 Å². The highest BCUT2D eigenvalue weighted by Crippen LogP contribution is 2.54. The minimum absolute atomic E-state index is 0.0459. The molecule has 0 radical (unpaired) electrons. The number of aromatic nitrogens is 2. The van der Waals surface area contributed by atoms with Crippen LogP contribution in [0.2, 0.25) is 0 Å². The monoisotopic (exact) mass is 494 g/mol. The highest BCUT2D eigenvalue weighted by Gasteiger charge is 2.60. The molecule has 0 bridgehead atoms. The molecule has 3 atom stereocenters. The fraction of sp³-hybridized carbons (Fsp3) is 0.360. The highest BCUT2D eigenvalue weighted by atomic mass is 16.3. The minimum Gasteiger partial charge on any atom is -0.508 e. The predicted molar refractivity (Wildman–Crippen MR) is 128 cm³/mol. The first-order valence-corrected chi connectivity index (χ1v) is 11.4. The zero-order chi connectivity index (χ0) is 26.3. The number of amides is 1. The van der Waals surface area contributed by atoms with Crippen molar-refractivity contribution < 1.29 is 34.8 Å². The van der Waals surface area contributed by atoms with E-state index in [-0.39, 0.29) is 36.1 Å². The summed E-state index contributed by atoms with van der Waals surface area (Å²) in [7, 11) is 5.33. The molecule has 1 aromatic heterocycles. The van der Waals surface area contributed by atoms with Crippen LogP contribution in [0.15, 0.2) is 35.2 Å². The van der Waals surface area contributed by atoms with Crippen molar-refractivity contribution in [3.63, 3.8) is 0 Å². The summed E-state index contributed by atoms with van der Waals surface area (Å²) in [6, 6.07) is 3.48. The number of carbonyl (C=O) groups excluding carboxylic acids is 3. The number of hydrogen-bond acceptors (Lipinski definition) is 9. The van der Waals surface area contributed by atoms with Crippen molar-refractivity contribution in [3.05, 3.63) is 46.4 Å². The summed E-state index contributed by atoms with van der Waals surface area (Å²) in [4.78, 5) is 39.8. The van der Waals surface area contributed by atoms with E-state index in [1.807, 2.05) is 19.0 Å². The predicted octanol–water partition coefficient (Wildman–Crippen LogP) is 0.890. The topological polar surface area (TPSA) is 179 Å². The molecule has 1 aromatic carbocycles. The molecule has 11 heteroatoms. The highest BCUT2D eigenvalue weighted by molar-refractivity contribution is 6.22. The third kappa shape index (κ3) is 2.95. The molecule has 3 aliphatic carbocycles. The molecular formula is C25H26N4O7. The third-order valence-electron chi connectivity index (χ3n) is 7.62. The molecule has 1 heterocycles. The van der Waals surface area contributed by atoms with Crippen LogP contribution in [-0.2, 0) is 27.9 Å². The van der Waals surface area contributed by atoms with Crippen molar-refractivity contribution in [2.75, 3.05) is 19.0 Å². The molecular weight excluding hydrogens is 468 g/mol. The molecule has 1 fully saturated rings. The van der Waals surface area contributed by atoms with Crippen LogP contribution in [0.3, 0.4) is 0 Å². The quantitative estimate of drug-likeness (QED) is 0.387. The Labute approximate surface area is 205 Å².